The van der Waals surface area contributed by atoms with Crippen molar-refractivity contribution < 1.29 is 4.74 Å². The average molecular weight is 442 g/mol. The molecule has 5 rings (SSSR count). The maximum Gasteiger partial charge on any atom is 0.174 e. The van der Waals surface area contributed by atoms with Crippen LogP contribution >= 0.6 is 12.2 Å². The number of aromatic nitrogens is 3. The number of methoxy groups -OCH3 is 1. The van der Waals surface area contributed by atoms with E-state index in [1.54, 1.807) is 7.11 Å². The second-order valence-electron chi connectivity index (χ2n) is 7.58. The summed E-state index contributed by atoms with van der Waals surface area (Å²) in [6.45, 7) is 0.678. The van der Waals surface area contributed by atoms with Crippen molar-refractivity contribution >= 4 is 23.0 Å². The van der Waals surface area contributed by atoms with Crippen LogP contribution in [0.15, 0.2) is 91.4 Å². The fourth-order valence-electron chi connectivity index (χ4n) is 4.18. The van der Waals surface area contributed by atoms with E-state index < -0.39 is 0 Å². The number of pyridine rings is 2. The molecule has 1 N–H and O–H groups in total. The molecule has 0 saturated carbocycles. The van der Waals surface area contributed by atoms with Crippen LogP contribution in [0.5, 0.6) is 5.75 Å². The largest absolute Gasteiger partial charge is 0.497 e. The maximum absolute atomic E-state index is 5.82. The monoisotopic (exact) mass is 441 g/mol. The Morgan fingerprint density at radius 1 is 0.938 bits per heavy atom. The SMILES string of the molecule is COc1ccc(N2C(=S)N[C@H](c3ccccn3)[C@@H]2c2cccn2Cc2ccccn2)cc1. The molecule has 2 atom stereocenters. The van der Waals surface area contributed by atoms with Crippen LogP contribution in [0.3, 0.4) is 0 Å². The minimum atomic E-state index is -0.0943. The molecule has 1 aromatic carbocycles. The highest BCUT2D eigenvalue weighted by molar-refractivity contribution is 7.80. The summed E-state index contributed by atoms with van der Waals surface area (Å²) in [6.07, 6.45) is 5.73. The molecule has 0 bridgehead atoms. The third kappa shape index (κ3) is 3.83. The average Bonchev–Trinajstić information content (AvgIpc) is 3.44. The normalized spacial score (nSPS) is 17.9. The van der Waals surface area contributed by atoms with E-state index in [9.17, 15) is 0 Å². The maximum atomic E-state index is 5.82. The van der Waals surface area contributed by atoms with Gasteiger partial charge in [0, 0.05) is 30.0 Å². The summed E-state index contributed by atoms with van der Waals surface area (Å²) in [5.74, 6) is 0.808. The van der Waals surface area contributed by atoms with Gasteiger partial charge in [-0.2, -0.15) is 0 Å². The number of nitrogens with one attached hydrogen (secondary N) is 1. The first-order chi connectivity index (χ1) is 15.7. The molecular formula is C25H23N5OS. The molecule has 1 saturated heterocycles. The zero-order chi connectivity index (χ0) is 21.9. The highest BCUT2D eigenvalue weighted by Gasteiger charge is 2.42. The van der Waals surface area contributed by atoms with Crippen molar-refractivity contribution in [3.8, 4) is 5.75 Å². The van der Waals surface area contributed by atoms with Gasteiger partial charge >= 0.3 is 0 Å². The Balaban J connectivity index is 1.59. The molecule has 1 fully saturated rings. The van der Waals surface area contributed by atoms with E-state index in [1.165, 1.54) is 0 Å². The first-order valence-corrected chi connectivity index (χ1v) is 10.8. The van der Waals surface area contributed by atoms with E-state index in [0.717, 1.165) is 28.5 Å². The topological polar surface area (TPSA) is 55.2 Å². The van der Waals surface area contributed by atoms with Gasteiger partial charge in [-0.1, -0.05) is 12.1 Å². The Morgan fingerprint density at radius 2 is 1.72 bits per heavy atom. The number of ether oxygens (including phenoxy) is 1. The van der Waals surface area contributed by atoms with Crippen molar-refractivity contribution in [1.29, 1.82) is 0 Å². The molecule has 160 valence electrons. The highest BCUT2D eigenvalue weighted by Crippen LogP contribution is 2.42. The lowest BCUT2D eigenvalue weighted by atomic mass is 10.0. The Labute approximate surface area is 192 Å². The van der Waals surface area contributed by atoms with Gasteiger partial charge in [0.05, 0.1) is 31.1 Å². The van der Waals surface area contributed by atoms with E-state index >= 15 is 0 Å². The molecule has 0 radical (unpaired) electrons. The van der Waals surface area contributed by atoms with Crippen LogP contribution in [-0.4, -0.2) is 26.8 Å². The summed E-state index contributed by atoms with van der Waals surface area (Å²) in [4.78, 5) is 11.3. The lowest BCUT2D eigenvalue weighted by Crippen LogP contribution is -2.30. The Morgan fingerprint density at radius 3 is 2.41 bits per heavy atom. The smallest absolute Gasteiger partial charge is 0.174 e. The predicted molar refractivity (Wildman–Crippen MR) is 129 cm³/mol. The lowest BCUT2D eigenvalue weighted by molar-refractivity contribution is 0.415. The Hall–Kier alpha value is -3.71. The van der Waals surface area contributed by atoms with Crippen LogP contribution in [0.4, 0.5) is 5.69 Å². The van der Waals surface area contributed by atoms with E-state index in [4.69, 9.17) is 17.0 Å². The fraction of sp³-hybridized carbons (Fsp3) is 0.160. The highest BCUT2D eigenvalue weighted by atomic mass is 32.1. The zero-order valence-corrected chi connectivity index (χ0v) is 18.4. The summed E-state index contributed by atoms with van der Waals surface area (Å²) in [6, 6.07) is 24.0. The summed E-state index contributed by atoms with van der Waals surface area (Å²) >= 11 is 5.82. The molecule has 1 aliphatic heterocycles. The first kappa shape index (κ1) is 20.2. The van der Waals surface area contributed by atoms with E-state index in [-0.39, 0.29) is 12.1 Å². The van der Waals surface area contributed by atoms with Gasteiger partial charge in [-0.15, -0.1) is 0 Å². The van der Waals surface area contributed by atoms with E-state index in [0.29, 0.717) is 11.7 Å². The number of hydrogen-bond donors (Lipinski definition) is 1. The summed E-state index contributed by atoms with van der Waals surface area (Å²) in [7, 11) is 1.67. The van der Waals surface area contributed by atoms with Crippen LogP contribution in [0.1, 0.15) is 29.2 Å². The van der Waals surface area contributed by atoms with Crippen LogP contribution in [0.25, 0.3) is 0 Å². The number of benzene rings is 1. The molecule has 3 aromatic heterocycles. The van der Waals surface area contributed by atoms with Crippen molar-refractivity contribution in [3.63, 3.8) is 0 Å². The van der Waals surface area contributed by atoms with Gasteiger partial charge in [0.25, 0.3) is 0 Å². The van der Waals surface area contributed by atoms with Gasteiger partial charge in [-0.05, 0) is 72.9 Å². The Kier molecular flexibility index (Phi) is 5.56. The van der Waals surface area contributed by atoms with Gasteiger partial charge in [0.2, 0.25) is 0 Å². The van der Waals surface area contributed by atoms with Crippen LogP contribution in [0.2, 0.25) is 0 Å². The second-order valence-corrected chi connectivity index (χ2v) is 7.96. The molecule has 0 unspecified atom stereocenters. The summed E-state index contributed by atoms with van der Waals surface area (Å²) in [5, 5.41) is 4.18. The van der Waals surface area contributed by atoms with Crippen molar-refractivity contribution in [2.75, 3.05) is 12.0 Å². The molecule has 0 aliphatic carbocycles. The van der Waals surface area contributed by atoms with Crippen LogP contribution in [-0.2, 0) is 6.54 Å². The van der Waals surface area contributed by atoms with Crippen LogP contribution < -0.4 is 15.0 Å². The number of hydrogen-bond acceptors (Lipinski definition) is 4. The quantitative estimate of drug-likeness (QED) is 0.444. The van der Waals surface area contributed by atoms with Crippen molar-refractivity contribution in [2.24, 2.45) is 0 Å². The molecule has 7 heteroatoms. The third-order valence-electron chi connectivity index (χ3n) is 5.67. The number of nitrogens with zero attached hydrogens (tertiary/aromatic N) is 4. The minimum absolute atomic E-state index is 0.0792. The molecule has 1 aliphatic rings. The molecule has 6 nitrogen and oxygen atoms in total. The van der Waals surface area contributed by atoms with Crippen molar-refractivity contribution in [3.05, 3.63) is 108 Å². The van der Waals surface area contributed by atoms with E-state index in [2.05, 4.69) is 43.1 Å². The van der Waals surface area contributed by atoms with Gasteiger partial charge in [0.15, 0.2) is 5.11 Å². The standard InChI is InChI=1S/C25H23N5OS/c1-31-20-12-10-19(11-13-20)30-24(23(28-25(30)32)21-8-3-5-15-27-21)22-9-6-16-29(22)17-18-7-2-4-14-26-18/h2-16,23-24H,17H2,1H3,(H,28,32)/t23-,24+/m1/s1. The van der Waals surface area contributed by atoms with E-state index in [1.807, 2.05) is 73.1 Å². The molecule has 0 spiro atoms. The third-order valence-corrected chi connectivity index (χ3v) is 5.99. The van der Waals surface area contributed by atoms with Gasteiger partial charge in [-0.25, -0.2) is 0 Å². The number of thiocarbonyl (C=S) groups is 1. The van der Waals surface area contributed by atoms with Gasteiger partial charge in [0.1, 0.15) is 11.8 Å². The zero-order valence-electron chi connectivity index (χ0n) is 17.6. The molecule has 4 aromatic rings. The molecular weight excluding hydrogens is 418 g/mol. The predicted octanol–water partition coefficient (Wildman–Crippen LogP) is 4.51. The van der Waals surface area contributed by atoms with Crippen molar-refractivity contribution in [2.45, 2.75) is 18.6 Å². The minimum Gasteiger partial charge on any atom is -0.497 e. The van der Waals surface area contributed by atoms with Crippen molar-refractivity contribution in [1.82, 2.24) is 19.9 Å². The number of anilines is 1. The van der Waals surface area contributed by atoms with Gasteiger partial charge < -0.3 is 19.5 Å². The summed E-state index contributed by atoms with van der Waals surface area (Å²) < 4.78 is 7.58. The molecule has 32 heavy (non-hydrogen) atoms. The molecule has 0 amide bonds. The second kappa shape index (κ2) is 8.80. The van der Waals surface area contributed by atoms with Crippen LogP contribution in [0, 0.1) is 0 Å². The summed E-state index contributed by atoms with van der Waals surface area (Å²) in [5.41, 5.74) is 4.08. The molecule has 4 heterocycles. The Bertz CT molecular complexity index is 1190. The fourth-order valence-corrected chi connectivity index (χ4v) is 4.53. The first-order valence-electron chi connectivity index (χ1n) is 10.4. The lowest BCUT2D eigenvalue weighted by Gasteiger charge is -2.29. The van der Waals surface area contributed by atoms with Gasteiger partial charge in [-0.3, -0.25) is 9.97 Å². The number of rotatable bonds is 6.